The summed E-state index contributed by atoms with van der Waals surface area (Å²) in [5.41, 5.74) is 0.727. The molecule has 2 saturated heterocycles. The van der Waals surface area contributed by atoms with Gasteiger partial charge in [-0.1, -0.05) is 0 Å². The van der Waals surface area contributed by atoms with E-state index in [1.54, 1.807) is 0 Å². The van der Waals surface area contributed by atoms with Gasteiger partial charge in [-0.2, -0.15) is 0 Å². The molecule has 2 atom stereocenters. The molecule has 2 fully saturated rings. The monoisotopic (exact) mass is 289 g/mol. The second kappa shape index (κ2) is 5.31. The molecule has 21 heavy (non-hydrogen) atoms. The molecular weight excluding hydrogens is 270 g/mol. The van der Waals surface area contributed by atoms with Crippen LogP contribution in [0.2, 0.25) is 0 Å². The molecule has 0 amide bonds. The Morgan fingerprint density at radius 2 is 1.76 bits per heavy atom. The summed E-state index contributed by atoms with van der Waals surface area (Å²) in [5, 5.41) is 3.52. The van der Waals surface area contributed by atoms with Crippen molar-refractivity contribution in [2.24, 2.45) is 5.92 Å². The average Bonchev–Trinajstić information content (AvgIpc) is 2.53. The van der Waals surface area contributed by atoms with Crippen molar-refractivity contribution in [2.75, 3.05) is 26.4 Å². The molecule has 1 N–H and O–H groups in total. The quantitative estimate of drug-likeness (QED) is 0.834. The van der Waals surface area contributed by atoms with Gasteiger partial charge in [0.05, 0.1) is 13.2 Å². The molecule has 112 valence electrons. The molecule has 2 unspecified atom stereocenters. The van der Waals surface area contributed by atoms with E-state index < -0.39 is 0 Å². The number of morpholine rings is 1. The molecule has 3 aliphatic rings. The second-order valence-electron chi connectivity index (χ2n) is 5.99. The lowest BCUT2D eigenvalue weighted by atomic mass is 9.82. The van der Waals surface area contributed by atoms with E-state index in [9.17, 15) is 4.79 Å². The minimum Gasteiger partial charge on any atom is -0.486 e. The van der Waals surface area contributed by atoms with E-state index in [0.29, 0.717) is 44.3 Å². The van der Waals surface area contributed by atoms with Crippen LogP contribution in [0.25, 0.3) is 0 Å². The summed E-state index contributed by atoms with van der Waals surface area (Å²) < 4.78 is 16.6. The molecule has 5 nitrogen and oxygen atoms in total. The van der Waals surface area contributed by atoms with Gasteiger partial charge in [-0.25, -0.2) is 0 Å². The number of piperidine rings is 1. The number of carbonyl (C=O) groups excluding carboxylic acids is 1. The van der Waals surface area contributed by atoms with Crippen LogP contribution in [-0.4, -0.2) is 44.3 Å². The van der Waals surface area contributed by atoms with Gasteiger partial charge < -0.3 is 19.5 Å². The number of nitrogens with one attached hydrogen (secondary N) is 1. The lowest BCUT2D eigenvalue weighted by Gasteiger charge is -2.39. The van der Waals surface area contributed by atoms with Crippen molar-refractivity contribution in [2.45, 2.75) is 24.9 Å². The SMILES string of the molecule is O=C(c1ccc2c(c1)OCCO2)C1CC2COCC(C1)N2. The number of hydrogen-bond donors (Lipinski definition) is 1. The average molecular weight is 289 g/mol. The smallest absolute Gasteiger partial charge is 0.166 e. The molecule has 0 radical (unpaired) electrons. The van der Waals surface area contributed by atoms with E-state index >= 15 is 0 Å². The van der Waals surface area contributed by atoms with E-state index in [1.165, 1.54) is 0 Å². The normalized spacial score (nSPS) is 30.8. The maximum Gasteiger partial charge on any atom is 0.166 e. The van der Waals surface area contributed by atoms with Gasteiger partial charge in [0.1, 0.15) is 13.2 Å². The third-order valence-corrected chi connectivity index (χ3v) is 4.45. The number of fused-ring (bicyclic) bond motifs is 3. The van der Waals surface area contributed by atoms with Crippen molar-refractivity contribution in [1.82, 2.24) is 5.32 Å². The van der Waals surface area contributed by atoms with Crippen LogP contribution in [0.1, 0.15) is 23.2 Å². The van der Waals surface area contributed by atoms with Crippen molar-refractivity contribution in [3.63, 3.8) is 0 Å². The van der Waals surface area contributed by atoms with Gasteiger partial charge in [-0.3, -0.25) is 4.79 Å². The summed E-state index contributed by atoms with van der Waals surface area (Å²) in [6.07, 6.45) is 1.70. The van der Waals surface area contributed by atoms with Crippen molar-refractivity contribution < 1.29 is 19.0 Å². The van der Waals surface area contributed by atoms with E-state index in [0.717, 1.165) is 24.2 Å². The van der Waals surface area contributed by atoms with E-state index in [-0.39, 0.29) is 11.7 Å². The highest BCUT2D eigenvalue weighted by Crippen LogP contribution is 2.33. The minimum atomic E-state index is 0.0766. The Balaban J connectivity index is 1.54. The first-order valence-electron chi connectivity index (χ1n) is 7.57. The molecule has 0 aromatic heterocycles. The summed E-state index contributed by atoms with van der Waals surface area (Å²) in [6, 6.07) is 6.13. The zero-order valence-electron chi connectivity index (χ0n) is 11.8. The van der Waals surface area contributed by atoms with Gasteiger partial charge in [-0.05, 0) is 31.0 Å². The molecule has 1 aromatic carbocycles. The lowest BCUT2D eigenvalue weighted by molar-refractivity contribution is 0.00952. The Hall–Kier alpha value is -1.59. The Kier molecular flexibility index (Phi) is 3.31. The van der Waals surface area contributed by atoms with Crippen LogP contribution in [0.5, 0.6) is 11.5 Å². The number of benzene rings is 1. The fraction of sp³-hybridized carbons (Fsp3) is 0.562. The Morgan fingerprint density at radius 3 is 2.52 bits per heavy atom. The van der Waals surface area contributed by atoms with Crippen LogP contribution < -0.4 is 14.8 Å². The fourth-order valence-electron chi connectivity index (χ4n) is 3.48. The van der Waals surface area contributed by atoms with Crippen LogP contribution in [-0.2, 0) is 4.74 Å². The Morgan fingerprint density at radius 1 is 1.05 bits per heavy atom. The number of ketones is 1. The van der Waals surface area contributed by atoms with Gasteiger partial charge in [0, 0.05) is 23.6 Å². The predicted molar refractivity (Wildman–Crippen MR) is 76.0 cm³/mol. The summed E-state index contributed by atoms with van der Waals surface area (Å²) in [7, 11) is 0. The highest BCUT2D eigenvalue weighted by molar-refractivity contribution is 5.98. The van der Waals surface area contributed by atoms with Crippen molar-refractivity contribution in [1.29, 1.82) is 0 Å². The molecular formula is C16H19NO4. The Labute approximate surface area is 123 Å². The van der Waals surface area contributed by atoms with Gasteiger partial charge in [0.2, 0.25) is 0 Å². The highest BCUT2D eigenvalue weighted by Gasteiger charge is 2.35. The molecule has 0 saturated carbocycles. The molecule has 3 heterocycles. The Bertz CT molecular complexity index is 547. The number of Topliss-reactive ketones (excluding diaryl/α,β-unsaturated/α-hetero) is 1. The molecule has 2 bridgehead atoms. The molecule has 4 rings (SSSR count). The second-order valence-corrected chi connectivity index (χ2v) is 5.99. The summed E-state index contributed by atoms with van der Waals surface area (Å²) in [4.78, 5) is 12.8. The number of rotatable bonds is 2. The summed E-state index contributed by atoms with van der Waals surface area (Å²) >= 11 is 0. The molecule has 0 aliphatic carbocycles. The lowest BCUT2D eigenvalue weighted by Crippen LogP contribution is -2.55. The maximum atomic E-state index is 12.8. The van der Waals surface area contributed by atoms with Gasteiger partial charge in [0.25, 0.3) is 0 Å². The van der Waals surface area contributed by atoms with Crippen molar-refractivity contribution in [3.05, 3.63) is 23.8 Å². The zero-order chi connectivity index (χ0) is 14.2. The van der Waals surface area contributed by atoms with Gasteiger partial charge in [-0.15, -0.1) is 0 Å². The van der Waals surface area contributed by atoms with Gasteiger partial charge >= 0.3 is 0 Å². The van der Waals surface area contributed by atoms with Gasteiger partial charge in [0.15, 0.2) is 17.3 Å². The number of hydrogen-bond acceptors (Lipinski definition) is 5. The van der Waals surface area contributed by atoms with E-state index in [1.807, 2.05) is 18.2 Å². The van der Waals surface area contributed by atoms with E-state index in [2.05, 4.69) is 5.32 Å². The molecule has 5 heteroatoms. The molecule has 1 aromatic rings. The maximum absolute atomic E-state index is 12.8. The van der Waals surface area contributed by atoms with Crippen LogP contribution in [0, 0.1) is 5.92 Å². The van der Waals surface area contributed by atoms with Crippen LogP contribution in [0.4, 0.5) is 0 Å². The third kappa shape index (κ3) is 2.51. The minimum absolute atomic E-state index is 0.0766. The first-order chi connectivity index (χ1) is 10.3. The highest BCUT2D eigenvalue weighted by atomic mass is 16.6. The van der Waals surface area contributed by atoms with Crippen LogP contribution >= 0.6 is 0 Å². The summed E-state index contributed by atoms with van der Waals surface area (Å²) in [6.45, 7) is 2.53. The van der Waals surface area contributed by atoms with Crippen molar-refractivity contribution in [3.8, 4) is 11.5 Å². The van der Waals surface area contributed by atoms with E-state index in [4.69, 9.17) is 14.2 Å². The van der Waals surface area contributed by atoms with Crippen LogP contribution in [0.3, 0.4) is 0 Å². The standard InChI is InChI=1S/C16H19NO4/c18-16(11-5-12-8-19-9-13(6-11)17-12)10-1-2-14-15(7-10)21-4-3-20-14/h1-2,7,11-13,17H,3-6,8-9H2. The van der Waals surface area contributed by atoms with Crippen LogP contribution in [0.15, 0.2) is 18.2 Å². The largest absolute Gasteiger partial charge is 0.486 e. The fourth-order valence-corrected chi connectivity index (χ4v) is 3.48. The topological polar surface area (TPSA) is 56.8 Å². The first-order valence-corrected chi connectivity index (χ1v) is 7.57. The molecule has 3 aliphatic heterocycles. The molecule has 0 spiro atoms. The summed E-state index contributed by atoms with van der Waals surface area (Å²) in [5.74, 6) is 1.70. The number of carbonyl (C=O) groups is 1. The number of ether oxygens (including phenoxy) is 3. The third-order valence-electron chi connectivity index (χ3n) is 4.45. The predicted octanol–water partition coefficient (Wildman–Crippen LogP) is 1.41. The van der Waals surface area contributed by atoms with Crippen molar-refractivity contribution >= 4 is 5.78 Å². The first kappa shape index (κ1) is 13.1. The zero-order valence-corrected chi connectivity index (χ0v) is 11.8.